The molecule has 1 fully saturated rings. The number of rotatable bonds is 5. The predicted molar refractivity (Wildman–Crippen MR) is 114 cm³/mol. The number of amides is 1. The van der Waals surface area contributed by atoms with Gasteiger partial charge < -0.3 is 11.1 Å². The molecule has 29 heavy (non-hydrogen) atoms. The first kappa shape index (κ1) is 20.8. The average molecular weight is 413 g/mol. The van der Waals surface area contributed by atoms with Crippen molar-refractivity contribution in [3.63, 3.8) is 0 Å². The fourth-order valence-corrected chi connectivity index (χ4v) is 3.51. The zero-order chi connectivity index (χ0) is 21.2. The quantitative estimate of drug-likeness (QED) is 0.720. The summed E-state index contributed by atoms with van der Waals surface area (Å²) < 4.78 is 0. The Morgan fingerprint density at radius 2 is 2.00 bits per heavy atom. The van der Waals surface area contributed by atoms with Crippen LogP contribution in [0.3, 0.4) is 0 Å². The molecule has 1 saturated heterocycles. The molecule has 9 heteroatoms. The topological polar surface area (TPSA) is 114 Å². The highest BCUT2D eigenvalue weighted by Crippen LogP contribution is 2.31. The Kier molecular flexibility index (Phi) is 5.88. The lowest BCUT2D eigenvalue weighted by atomic mass is 9.91. The molecule has 1 amide bonds. The van der Waals surface area contributed by atoms with Crippen molar-refractivity contribution in [2.75, 3.05) is 16.8 Å². The Balaban J connectivity index is 1.84. The number of nitrogens with zero attached hydrogens (tertiary/aromatic N) is 4. The van der Waals surface area contributed by atoms with E-state index in [-0.39, 0.29) is 29.9 Å². The summed E-state index contributed by atoms with van der Waals surface area (Å²) in [4.78, 5) is 38.9. The third-order valence-corrected chi connectivity index (χ3v) is 5.32. The molecule has 0 aliphatic carbocycles. The lowest BCUT2D eigenvalue weighted by molar-refractivity contribution is -0.126. The Labute approximate surface area is 174 Å². The third-order valence-electron chi connectivity index (χ3n) is 4.29. The first-order valence-electron chi connectivity index (χ1n) is 9.16. The number of hydrogen-bond donors (Lipinski definition) is 2. The van der Waals surface area contributed by atoms with Crippen LogP contribution in [-0.2, 0) is 16.1 Å². The van der Waals surface area contributed by atoms with Crippen LogP contribution in [0, 0.1) is 12.3 Å². The molecular weight excluding hydrogens is 388 g/mol. The smallest absolute Gasteiger partial charge is 0.238 e. The van der Waals surface area contributed by atoms with Gasteiger partial charge in [0.15, 0.2) is 11.6 Å². The van der Waals surface area contributed by atoms with Gasteiger partial charge in [-0.2, -0.15) is 15.0 Å². The first-order valence-corrected chi connectivity index (χ1v) is 10.1. The summed E-state index contributed by atoms with van der Waals surface area (Å²) in [5, 5.41) is 3.73. The second-order valence-electron chi connectivity index (χ2n) is 7.74. The summed E-state index contributed by atoms with van der Waals surface area (Å²) in [6, 6.07) is 7.73. The van der Waals surface area contributed by atoms with Crippen LogP contribution in [0.1, 0.15) is 32.2 Å². The summed E-state index contributed by atoms with van der Waals surface area (Å²) in [6.45, 7) is 7.61. The highest BCUT2D eigenvalue weighted by atomic mass is 32.2. The van der Waals surface area contributed by atoms with Gasteiger partial charge in [0.2, 0.25) is 17.8 Å². The van der Waals surface area contributed by atoms with Gasteiger partial charge in [-0.1, -0.05) is 50.7 Å². The van der Waals surface area contributed by atoms with Crippen molar-refractivity contribution in [2.45, 2.75) is 34.2 Å². The number of aryl methyl sites for hydroxylation is 1. The van der Waals surface area contributed by atoms with E-state index in [0.29, 0.717) is 16.8 Å². The van der Waals surface area contributed by atoms with Gasteiger partial charge >= 0.3 is 0 Å². The van der Waals surface area contributed by atoms with Crippen molar-refractivity contribution < 1.29 is 9.59 Å². The highest BCUT2D eigenvalue weighted by Gasteiger charge is 2.30. The minimum Gasteiger partial charge on any atom is -0.368 e. The molecule has 1 aromatic heterocycles. The minimum atomic E-state index is -0.521. The number of carbonyl (C=O) groups is 2. The second kappa shape index (κ2) is 8.20. The van der Waals surface area contributed by atoms with E-state index in [1.807, 2.05) is 52.0 Å². The summed E-state index contributed by atoms with van der Waals surface area (Å²) in [5.41, 5.74) is 7.22. The third kappa shape index (κ3) is 5.11. The fraction of sp³-hybridized carbons (Fsp3) is 0.350. The van der Waals surface area contributed by atoms with Crippen molar-refractivity contribution >= 4 is 41.0 Å². The lowest BCUT2D eigenvalue weighted by Gasteiger charge is -2.19. The summed E-state index contributed by atoms with van der Waals surface area (Å²) in [7, 11) is 0. The molecular formula is C20H24N6O2S. The van der Waals surface area contributed by atoms with Crippen molar-refractivity contribution in [1.29, 1.82) is 0 Å². The molecule has 0 atom stereocenters. The minimum absolute atomic E-state index is 0.0447. The Morgan fingerprint density at radius 1 is 1.28 bits per heavy atom. The zero-order valence-electron chi connectivity index (χ0n) is 16.9. The number of nitrogens with two attached hydrogens (primary N) is 1. The molecule has 152 valence electrons. The molecule has 1 aliphatic rings. The van der Waals surface area contributed by atoms with Gasteiger partial charge in [0.05, 0.1) is 17.3 Å². The van der Waals surface area contributed by atoms with Crippen LogP contribution in [0.2, 0.25) is 0 Å². The van der Waals surface area contributed by atoms with Crippen LogP contribution >= 0.6 is 11.8 Å². The van der Waals surface area contributed by atoms with Gasteiger partial charge in [0.25, 0.3) is 0 Å². The monoisotopic (exact) mass is 412 g/mol. The van der Waals surface area contributed by atoms with Crippen LogP contribution in [0.4, 0.5) is 17.6 Å². The number of ketones is 1. The van der Waals surface area contributed by atoms with Crippen molar-refractivity contribution in [3.05, 3.63) is 46.8 Å². The molecule has 2 heterocycles. The molecule has 1 aliphatic heterocycles. The van der Waals surface area contributed by atoms with E-state index in [2.05, 4.69) is 20.3 Å². The molecule has 0 bridgehead atoms. The largest absolute Gasteiger partial charge is 0.368 e. The second-order valence-corrected chi connectivity index (χ2v) is 8.73. The fourth-order valence-electron chi connectivity index (χ4n) is 2.57. The van der Waals surface area contributed by atoms with Crippen LogP contribution in [0.25, 0.3) is 0 Å². The predicted octanol–water partition coefficient (Wildman–Crippen LogP) is 3.04. The number of hydrogen-bond acceptors (Lipinski definition) is 8. The van der Waals surface area contributed by atoms with E-state index in [1.54, 1.807) is 0 Å². The molecule has 0 unspecified atom stereocenters. The number of carbonyl (C=O) groups excluding carboxylic acids is 2. The van der Waals surface area contributed by atoms with Gasteiger partial charge in [-0.3, -0.25) is 14.5 Å². The van der Waals surface area contributed by atoms with E-state index < -0.39 is 5.41 Å². The number of nitrogen functional groups attached to an aromatic ring is 1. The van der Waals surface area contributed by atoms with Gasteiger partial charge in [-0.15, -0.1) is 0 Å². The van der Waals surface area contributed by atoms with Crippen molar-refractivity contribution in [2.24, 2.45) is 5.41 Å². The van der Waals surface area contributed by atoms with E-state index in [9.17, 15) is 9.59 Å². The Bertz CT molecular complexity index is 983. The number of anilines is 3. The number of para-hydroxylation sites is 1. The van der Waals surface area contributed by atoms with Gasteiger partial charge in [0, 0.05) is 17.2 Å². The maximum Gasteiger partial charge on any atom is 0.238 e. The number of nitrogens with one attached hydrogen (secondary N) is 1. The molecule has 3 N–H and O–H groups in total. The number of thioether (sulfide) groups is 1. The number of allylic oxidation sites excluding steroid dienone is 1. The lowest BCUT2D eigenvalue weighted by Crippen LogP contribution is -2.27. The van der Waals surface area contributed by atoms with Gasteiger partial charge in [-0.25, -0.2) is 0 Å². The van der Waals surface area contributed by atoms with Crippen LogP contribution in [0.15, 0.2) is 35.4 Å². The molecule has 3 rings (SSSR count). The molecule has 0 saturated carbocycles. The van der Waals surface area contributed by atoms with Crippen molar-refractivity contribution in [3.8, 4) is 0 Å². The van der Waals surface area contributed by atoms with E-state index in [1.165, 1.54) is 22.7 Å². The standard InChI is InChI=1S/C20H24N6O2S/c1-12-7-5-6-8-13(12)22-19-24-15(23-18(21)25-19)10-26-16(28)11-29-17(26)9-14(27)20(2,3)4/h5-9H,10-11H2,1-4H3,(H3,21,22,23,24,25)/b17-9-. The van der Waals surface area contributed by atoms with E-state index in [0.717, 1.165) is 11.3 Å². The normalized spacial score (nSPS) is 15.8. The number of aromatic nitrogens is 3. The SMILES string of the molecule is Cc1ccccc1Nc1nc(N)nc(CN2C(=O)CS/C2=C\C(=O)C(C)(C)C)n1. The Hall–Kier alpha value is -2.94. The average Bonchev–Trinajstić information content (AvgIpc) is 2.96. The maximum absolute atomic E-state index is 12.4. The summed E-state index contributed by atoms with van der Waals surface area (Å²) in [5.74, 6) is 0.836. The first-order chi connectivity index (χ1) is 13.6. The van der Waals surface area contributed by atoms with Gasteiger partial charge in [-0.05, 0) is 18.6 Å². The van der Waals surface area contributed by atoms with Crippen LogP contribution in [0.5, 0.6) is 0 Å². The van der Waals surface area contributed by atoms with E-state index in [4.69, 9.17) is 5.73 Å². The maximum atomic E-state index is 12.4. The molecule has 0 spiro atoms. The zero-order valence-corrected chi connectivity index (χ0v) is 17.7. The van der Waals surface area contributed by atoms with Crippen LogP contribution < -0.4 is 11.1 Å². The van der Waals surface area contributed by atoms with Crippen LogP contribution in [-0.4, -0.2) is 37.3 Å². The molecule has 1 aromatic carbocycles. The molecule has 8 nitrogen and oxygen atoms in total. The van der Waals surface area contributed by atoms with E-state index >= 15 is 0 Å². The molecule has 0 radical (unpaired) electrons. The summed E-state index contributed by atoms with van der Waals surface area (Å²) >= 11 is 1.33. The number of benzene rings is 1. The van der Waals surface area contributed by atoms with Gasteiger partial charge in [0.1, 0.15) is 0 Å². The van der Waals surface area contributed by atoms with Crippen molar-refractivity contribution in [1.82, 2.24) is 19.9 Å². The summed E-state index contributed by atoms with van der Waals surface area (Å²) in [6.07, 6.45) is 1.52. The molecule has 2 aromatic rings. The Morgan fingerprint density at radius 3 is 2.69 bits per heavy atom. The highest BCUT2D eigenvalue weighted by molar-refractivity contribution is 8.04.